The van der Waals surface area contributed by atoms with Crippen molar-refractivity contribution >= 4 is 5.82 Å². The summed E-state index contributed by atoms with van der Waals surface area (Å²) in [4.78, 5) is 6.22. The van der Waals surface area contributed by atoms with Crippen molar-refractivity contribution in [2.45, 2.75) is 33.2 Å². The average molecular weight is 251 g/mol. The molecule has 1 fully saturated rings. The summed E-state index contributed by atoms with van der Waals surface area (Å²) < 4.78 is 14.1. The largest absolute Gasteiger partial charge is 0.354 e. The summed E-state index contributed by atoms with van der Waals surface area (Å²) in [6, 6.07) is 1.65. The van der Waals surface area contributed by atoms with Gasteiger partial charge < -0.3 is 10.6 Å². The molecule has 1 aromatic rings. The van der Waals surface area contributed by atoms with Crippen LogP contribution in [0, 0.1) is 17.7 Å². The molecule has 1 saturated heterocycles. The predicted octanol–water partition coefficient (Wildman–Crippen LogP) is 2.55. The van der Waals surface area contributed by atoms with Gasteiger partial charge in [-0.25, -0.2) is 9.37 Å². The fourth-order valence-corrected chi connectivity index (χ4v) is 2.63. The number of halogens is 1. The van der Waals surface area contributed by atoms with Crippen LogP contribution in [0.1, 0.15) is 32.3 Å². The molecule has 2 heterocycles. The Morgan fingerprint density at radius 2 is 2.11 bits per heavy atom. The molecule has 0 amide bonds. The van der Waals surface area contributed by atoms with Crippen molar-refractivity contribution in [3.63, 3.8) is 0 Å². The number of nitrogens with zero attached hydrogens (tertiary/aromatic N) is 2. The molecule has 3 nitrogen and oxygen atoms in total. The first kappa shape index (κ1) is 13.3. The van der Waals surface area contributed by atoms with Crippen molar-refractivity contribution < 1.29 is 4.39 Å². The summed E-state index contributed by atoms with van der Waals surface area (Å²) >= 11 is 0. The van der Waals surface area contributed by atoms with Crippen LogP contribution >= 0.6 is 0 Å². The number of piperidine rings is 1. The quantitative estimate of drug-likeness (QED) is 0.897. The van der Waals surface area contributed by atoms with Crippen molar-refractivity contribution in [2.75, 3.05) is 18.0 Å². The maximum atomic E-state index is 14.1. The minimum absolute atomic E-state index is 0.226. The SMILES string of the molecule is CC(C)C1CCN(c2nccc(CN)c2F)CC1. The number of rotatable bonds is 3. The molecule has 18 heavy (non-hydrogen) atoms. The van der Waals surface area contributed by atoms with Crippen molar-refractivity contribution in [1.29, 1.82) is 0 Å². The molecule has 0 atom stereocenters. The summed E-state index contributed by atoms with van der Waals surface area (Å²) in [7, 11) is 0. The molecule has 1 aliphatic heterocycles. The number of pyridine rings is 1. The molecule has 0 unspecified atom stereocenters. The number of nitrogens with two attached hydrogens (primary N) is 1. The Hall–Kier alpha value is -1.16. The zero-order chi connectivity index (χ0) is 13.1. The first-order valence-corrected chi connectivity index (χ1v) is 6.72. The second-order valence-electron chi connectivity index (χ2n) is 5.38. The lowest BCUT2D eigenvalue weighted by molar-refractivity contribution is 0.309. The van der Waals surface area contributed by atoms with Gasteiger partial charge in [0.1, 0.15) is 0 Å². The van der Waals surface area contributed by atoms with E-state index in [9.17, 15) is 4.39 Å². The van der Waals surface area contributed by atoms with Crippen LogP contribution in [0.2, 0.25) is 0 Å². The van der Waals surface area contributed by atoms with E-state index in [0.717, 1.165) is 31.8 Å². The molecule has 0 bridgehead atoms. The number of anilines is 1. The van der Waals surface area contributed by atoms with Gasteiger partial charge in [-0.05, 0) is 30.7 Å². The third kappa shape index (κ3) is 2.64. The van der Waals surface area contributed by atoms with Gasteiger partial charge in [0, 0.05) is 31.4 Å². The smallest absolute Gasteiger partial charge is 0.170 e. The van der Waals surface area contributed by atoms with Crippen molar-refractivity contribution in [3.8, 4) is 0 Å². The van der Waals surface area contributed by atoms with Gasteiger partial charge in [0.15, 0.2) is 11.6 Å². The first-order valence-electron chi connectivity index (χ1n) is 6.72. The molecular weight excluding hydrogens is 229 g/mol. The molecule has 2 rings (SSSR count). The minimum Gasteiger partial charge on any atom is -0.354 e. The van der Waals surface area contributed by atoms with Gasteiger partial charge in [0.2, 0.25) is 0 Å². The Morgan fingerprint density at radius 1 is 1.44 bits per heavy atom. The van der Waals surface area contributed by atoms with Gasteiger partial charge in [-0.1, -0.05) is 13.8 Å². The van der Waals surface area contributed by atoms with Gasteiger partial charge in [0.05, 0.1) is 0 Å². The highest BCUT2D eigenvalue weighted by molar-refractivity contribution is 5.43. The number of hydrogen-bond donors (Lipinski definition) is 1. The molecule has 0 spiro atoms. The van der Waals surface area contributed by atoms with E-state index < -0.39 is 0 Å². The van der Waals surface area contributed by atoms with E-state index in [2.05, 4.69) is 18.8 Å². The van der Waals surface area contributed by atoms with E-state index in [0.29, 0.717) is 17.3 Å². The molecule has 0 saturated carbocycles. The molecule has 100 valence electrons. The van der Waals surface area contributed by atoms with Gasteiger partial charge in [0.25, 0.3) is 0 Å². The van der Waals surface area contributed by atoms with Gasteiger partial charge in [-0.3, -0.25) is 0 Å². The normalized spacial score (nSPS) is 17.5. The second-order valence-corrected chi connectivity index (χ2v) is 5.38. The van der Waals surface area contributed by atoms with Crippen LogP contribution < -0.4 is 10.6 Å². The Kier molecular flexibility index (Phi) is 4.17. The summed E-state index contributed by atoms with van der Waals surface area (Å²) in [6.07, 6.45) is 3.88. The van der Waals surface area contributed by atoms with Crippen LogP contribution in [0.25, 0.3) is 0 Å². The molecule has 4 heteroatoms. The molecule has 2 N–H and O–H groups in total. The molecule has 1 aromatic heterocycles. The van der Waals surface area contributed by atoms with Crippen LogP contribution in [0.3, 0.4) is 0 Å². The Bertz CT molecular complexity index is 398. The van der Waals surface area contributed by atoms with E-state index in [1.54, 1.807) is 12.3 Å². The Morgan fingerprint density at radius 3 is 2.67 bits per heavy atom. The Balaban J connectivity index is 2.10. The predicted molar refractivity (Wildman–Crippen MR) is 71.9 cm³/mol. The molecule has 0 aliphatic carbocycles. The lowest BCUT2D eigenvalue weighted by atomic mass is 9.87. The van der Waals surface area contributed by atoms with Gasteiger partial charge in [-0.2, -0.15) is 0 Å². The molecule has 0 radical (unpaired) electrons. The van der Waals surface area contributed by atoms with Crippen LogP contribution in [0.15, 0.2) is 12.3 Å². The first-order chi connectivity index (χ1) is 8.63. The lowest BCUT2D eigenvalue weighted by Crippen LogP contribution is -2.36. The fraction of sp³-hybridized carbons (Fsp3) is 0.643. The maximum absolute atomic E-state index is 14.1. The van der Waals surface area contributed by atoms with E-state index in [1.165, 1.54) is 0 Å². The van der Waals surface area contributed by atoms with Crippen LogP contribution in [-0.4, -0.2) is 18.1 Å². The van der Waals surface area contributed by atoms with Crippen LogP contribution in [0.4, 0.5) is 10.2 Å². The van der Waals surface area contributed by atoms with E-state index in [4.69, 9.17) is 5.73 Å². The summed E-state index contributed by atoms with van der Waals surface area (Å²) in [5, 5.41) is 0. The standard InChI is InChI=1S/C14H22FN3/c1-10(2)11-4-7-18(8-5-11)14-13(15)12(9-16)3-6-17-14/h3,6,10-11H,4-5,7-9,16H2,1-2H3. The summed E-state index contributed by atoms with van der Waals surface area (Å²) in [5.74, 6) is 1.69. The lowest BCUT2D eigenvalue weighted by Gasteiger charge is -2.34. The topological polar surface area (TPSA) is 42.2 Å². The molecule has 1 aliphatic rings. The van der Waals surface area contributed by atoms with E-state index >= 15 is 0 Å². The Labute approximate surface area is 108 Å². The number of aromatic nitrogens is 1. The molecule has 0 aromatic carbocycles. The zero-order valence-corrected chi connectivity index (χ0v) is 11.2. The summed E-state index contributed by atoms with van der Waals surface area (Å²) in [6.45, 7) is 6.52. The molecular formula is C14H22FN3. The maximum Gasteiger partial charge on any atom is 0.170 e. The third-order valence-corrected chi connectivity index (χ3v) is 3.95. The third-order valence-electron chi connectivity index (χ3n) is 3.95. The van der Waals surface area contributed by atoms with Crippen molar-refractivity contribution in [3.05, 3.63) is 23.6 Å². The van der Waals surface area contributed by atoms with Crippen molar-refractivity contribution in [1.82, 2.24) is 4.98 Å². The number of hydrogen-bond acceptors (Lipinski definition) is 3. The van der Waals surface area contributed by atoms with Gasteiger partial charge in [-0.15, -0.1) is 0 Å². The summed E-state index contributed by atoms with van der Waals surface area (Å²) in [5.41, 5.74) is 6.07. The highest BCUT2D eigenvalue weighted by atomic mass is 19.1. The minimum atomic E-state index is -0.247. The monoisotopic (exact) mass is 251 g/mol. The van der Waals surface area contributed by atoms with E-state index in [1.807, 2.05) is 4.90 Å². The van der Waals surface area contributed by atoms with Crippen LogP contribution in [-0.2, 0) is 6.54 Å². The van der Waals surface area contributed by atoms with Crippen LogP contribution in [0.5, 0.6) is 0 Å². The highest BCUT2D eigenvalue weighted by Gasteiger charge is 2.24. The average Bonchev–Trinajstić information content (AvgIpc) is 2.39. The van der Waals surface area contributed by atoms with Crippen molar-refractivity contribution in [2.24, 2.45) is 17.6 Å². The zero-order valence-electron chi connectivity index (χ0n) is 11.2. The van der Waals surface area contributed by atoms with Gasteiger partial charge >= 0.3 is 0 Å². The second kappa shape index (κ2) is 5.65. The highest BCUT2D eigenvalue weighted by Crippen LogP contribution is 2.28. The van der Waals surface area contributed by atoms with E-state index in [-0.39, 0.29) is 12.4 Å². The fourth-order valence-electron chi connectivity index (χ4n) is 2.63.